The molecule has 0 aromatic rings. The quantitative estimate of drug-likeness (QED) is 0.226. The van der Waals surface area contributed by atoms with Crippen LogP contribution in [-0.4, -0.2) is 61.2 Å². The summed E-state index contributed by atoms with van der Waals surface area (Å²) in [6.07, 6.45) is 16.2. The van der Waals surface area contributed by atoms with Gasteiger partial charge in [-0.15, -0.1) is 0 Å². The number of carbonyl (C=O) groups is 2. The predicted molar refractivity (Wildman–Crippen MR) is 121 cm³/mol. The van der Waals surface area contributed by atoms with Crippen LogP contribution in [0.5, 0.6) is 0 Å². The molecule has 29 heavy (non-hydrogen) atoms. The van der Waals surface area contributed by atoms with Crippen LogP contribution in [0.3, 0.4) is 0 Å². The Kier molecular flexibility index (Phi) is 19.9. The number of hydrogen-bond acceptors (Lipinski definition) is 4. The second-order valence-corrected chi connectivity index (χ2v) is 7.25. The Balaban J connectivity index is 4.01. The van der Waals surface area contributed by atoms with Crippen LogP contribution in [-0.2, 0) is 9.59 Å². The van der Waals surface area contributed by atoms with Gasteiger partial charge < -0.3 is 15.7 Å². The smallest absolute Gasteiger partial charge is 0.223 e. The van der Waals surface area contributed by atoms with Crippen molar-refractivity contribution in [3.8, 4) is 0 Å². The van der Waals surface area contributed by atoms with E-state index in [1.807, 2.05) is 12.2 Å². The highest BCUT2D eigenvalue weighted by Crippen LogP contribution is 1.97. The van der Waals surface area contributed by atoms with E-state index in [-0.39, 0.29) is 18.4 Å². The van der Waals surface area contributed by atoms with Crippen molar-refractivity contribution in [1.82, 2.24) is 15.5 Å². The molecule has 0 rings (SSSR count). The van der Waals surface area contributed by atoms with E-state index in [4.69, 9.17) is 5.11 Å². The zero-order valence-electron chi connectivity index (χ0n) is 18.6. The molecule has 2 amide bonds. The lowest BCUT2D eigenvalue weighted by atomic mass is 10.2. The molecule has 0 aliphatic rings. The van der Waals surface area contributed by atoms with Crippen molar-refractivity contribution in [3.05, 3.63) is 24.3 Å². The number of nitrogens with zero attached hydrogens (tertiary/aromatic N) is 1. The van der Waals surface area contributed by atoms with Gasteiger partial charge in [-0.25, -0.2) is 0 Å². The van der Waals surface area contributed by atoms with Crippen LogP contribution in [0.25, 0.3) is 0 Å². The summed E-state index contributed by atoms with van der Waals surface area (Å²) in [5.41, 5.74) is 0. The average molecular weight is 410 g/mol. The van der Waals surface area contributed by atoms with E-state index in [1.54, 1.807) is 0 Å². The molecular formula is C23H43N3O3. The molecule has 6 nitrogen and oxygen atoms in total. The van der Waals surface area contributed by atoms with Gasteiger partial charge in [0, 0.05) is 52.2 Å². The molecule has 168 valence electrons. The van der Waals surface area contributed by atoms with Gasteiger partial charge in [0.15, 0.2) is 0 Å². The molecule has 6 heteroatoms. The molecule has 0 fully saturated rings. The Hall–Kier alpha value is -1.66. The summed E-state index contributed by atoms with van der Waals surface area (Å²) >= 11 is 0. The monoisotopic (exact) mass is 409 g/mol. The van der Waals surface area contributed by atoms with E-state index in [9.17, 15) is 9.59 Å². The van der Waals surface area contributed by atoms with Crippen molar-refractivity contribution in [2.24, 2.45) is 0 Å². The molecule has 0 saturated heterocycles. The van der Waals surface area contributed by atoms with Gasteiger partial charge in [-0.05, 0) is 19.3 Å². The summed E-state index contributed by atoms with van der Waals surface area (Å²) in [6, 6.07) is 0. The summed E-state index contributed by atoms with van der Waals surface area (Å²) < 4.78 is 0. The summed E-state index contributed by atoms with van der Waals surface area (Å²) in [6.45, 7) is 7.75. The lowest BCUT2D eigenvalue weighted by Gasteiger charge is -2.22. The maximum absolute atomic E-state index is 11.9. The highest BCUT2D eigenvalue weighted by Gasteiger charge is 2.06. The van der Waals surface area contributed by atoms with Gasteiger partial charge in [-0.3, -0.25) is 14.5 Å². The van der Waals surface area contributed by atoms with Crippen molar-refractivity contribution in [2.45, 2.75) is 71.6 Å². The Morgan fingerprint density at radius 1 is 0.759 bits per heavy atom. The zero-order chi connectivity index (χ0) is 21.6. The third kappa shape index (κ3) is 19.4. The number of aliphatic hydroxyl groups is 1. The topological polar surface area (TPSA) is 81.7 Å². The van der Waals surface area contributed by atoms with Crippen LogP contribution in [0.4, 0.5) is 0 Å². The number of allylic oxidation sites excluding steroid dienone is 2. The van der Waals surface area contributed by atoms with E-state index in [0.29, 0.717) is 45.4 Å². The number of aliphatic hydroxyl groups excluding tert-OH is 1. The minimum atomic E-state index is 0.0306. The molecule has 0 aromatic heterocycles. The lowest BCUT2D eigenvalue weighted by molar-refractivity contribution is -0.120. The van der Waals surface area contributed by atoms with Crippen molar-refractivity contribution in [3.63, 3.8) is 0 Å². The van der Waals surface area contributed by atoms with Gasteiger partial charge >= 0.3 is 0 Å². The maximum atomic E-state index is 11.9. The number of unbranched alkanes of at least 4 members (excludes halogenated alkanes) is 4. The Bertz CT molecular complexity index is 426. The standard InChI is InChI=1S/C23H43N3O3/c1-3-5-7-9-11-14-22(28)24-16-19-26(18-13-21-27)20-17-25-23(29)15-12-10-8-6-4-2/h9-12,27H,3-8,13-21H2,1-2H3,(H,24,28)(H,25,29)/b11-9+,12-10+. The van der Waals surface area contributed by atoms with Crippen LogP contribution in [0.2, 0.25) is 0 Å². The number of hydrogen-bond donors (Lipinski definition) is 3. The van der Waals surface area contributed by atoms with Crippen molar-refractivity contribution in [2.75, 3.05) is 39.3 Å². The van der Waals surface area contributed by atoms with Gasteiger partial charge in [0.25, 0.3) is 0 Å². The number of rotatable bonds is 19. The van der Waals surface area contributed by atoms with E-state index in [1.165, 1.54) is 0 Å². The summed E-state index contributed by atoms with van der Waals surface area (Å²) in [5, 5.41) is 14.9. The van der Waals surface area contributed by atoms with Crippen LogP contribution in [0, 0.1) is 0 Å². The normalized spacial score (nSPS) is 11.6. The predicted octanol–water partition coefficient (Wildman–Crippen LogP) is 3.18. The Morgan fingerprint density at radius 3 is 1.66 bits per heavy atom. The molecule has 0 radical (unpaired) electrons. The van der Waals surface area contributed by atoms with E-state index in [0.717, 1.165) is 45.1 Å². The van der Waals surface area contributed by atoms with Crippen molar-refractivity contribution < 1.29 is 14.7 Å². The zero-order valence-corrected chi connectivity index (χ0v) is 18.6. The molecule has 0 aromatic carbocycles. The average Bonchev–Trinajstić information content (AvgIpc) is 2.71. The van der Waals surface area contributed by atoms with Crippen LogP contribution in [0.15, 0.2) is 24.3 Å². The molecule has 0 bridgehead atoms. The van der Waals surface area contributed by atoms with Gasteiger partial charge in [-0.2, -0.15) is 0 Å². The minimum Gasteiger partial charge on any atom is -0.396 e. The number of nitrogens with one attached hydrogen (secondary N) is 2. The highest BCUT2D eigenvalue weighted by molar-refractivity contribution is 5.77. The first kappa shape index (κ1) is 27.3. The molecule has 0 heterocycles. The fourth-order valence-electron chi connectivity index (χ4n) is 2.74. The second kappa shape index (κ2) is 21.1. The third-order valence-electron chi connectivity index (χ3n) is 4.52. The molecule has 0 unspecified atom stereocenters. The molecular weight excluding hydrogens is 366 g/mol. The molecule has 3 N–H and O–H groups in total. The molecule has 0 atom stereocenters. The SMILES string of the molecule is CCCC/C=C/CC(=O)NCCN(CCCO)CCNC(=O)C/C=C/CCCC. The molecule has 0 aliphatic heterocycles. The summed E-state index contributed by atoms with van der Waals surface area (Å²) in [7, 11) is 0. The Labute approximate surface area is 177 Å². The number of amides is 2. The molecule has 0 aliphatic carbocycles. The van der Waals surface area contributed by atoms with Gasteiger partial charge in [0.2, 0.25) is 11.8 Å². The van der Waals surface area contributed by atoms with Crippen molar-refractivity contribution >= 4 is 11.8 Å². The largest absolute Gasteiger partial charge is 0.396 e. The summed E-state index contributed by atoms with van der Waals surface area (Å²) in [5.74, 6) is 0.0611. The highest BCUT2D eigenvalue weighted by atomic mass is 16.3. The maximum Gasteiger partial charge on any atom is 0.223 e. The van der Waals surface area contributed by atoms with Gasteiger partial charge in [-0.1, -0.05) is 63.8 Å². The first-order chi connectivity index (χ1) is 14.1. The van der Waals surface area contributed by atoms with E-state index >= 15 is 0 Å². The third-order valence-corrected chi connectivity index (χ3v) is 4.52. The van der Waals surface area contributed by atoms with Gasteiger partial charge in [0.05, 0.1) is 0 Å². The van der Waals surface area contributed by atoms with E-state index in [2.05, 4.69) is 41.5 Å². The van der Waals surface area contributed by atoms with E-state index < -0.39 is 0 Å². The molecule has 0 saturated carbocycles. The van der Waals surface area contributed by atoms with Gasteiger partial charge in [0.1, 0.15) is 0 Å². The van der Waals surface area contributed by atoms with Crippen LogP contribution < -0.4 is 10.6 Å². The first-order valence-corrected chi connectivity index (χ1v) is 11.3. The minimum absolute atomic E-state index is 0.0306. The Morgan fingerprint density at radius 2 is 1.24 bits per heavy atom. The first-order valence-electron chi connectivity index (χ1n) is 11.3. The van der Waals surface area contributed by atoms with Crippen LogP contribution >= 0.6 is 0 Å². The second-order valence-electron chi connectivity index (χ2n) is 7.25. The fraction of sp³-hybridized carbons (Fsp3) is 0.739. The fourth-order valence-corrected chi connectivity index (χ4v) is 2.74. The van der Waals surface area contributed by atoms with Crippen LogP contribution in [0.1, 0.15) is 71.6 Å². The lowest BCUT2D eigenvalue weighted by Crippen LogP contribution is -2.40. The number of carbonyl (C=O) groups excluding carboxylic acids is 2. The van der Waals surface area contributed by atoms with Crippen molar-refractivity contribution in [1.29, 1.82) is 0 Å². The molecule has 0 spiro atoms. The summed E-state index contributed by atoms with van der Waals surface area (Å²) in [4.78, 5) is 25.9.